The summed E-state index contributed by atoms with van der Waals surface area (Å²) in [5.41, 5.74) is 0.789. The molecule has 0 unspecified atom stereocenters. The van der Waals surface area contributed by atoms with Crippen molar-refractivity contribution in [2.45, 2.75) is 70.8 Å². The summed E-state index contributed by atoms with van der Waals surface area (Å²) < 4.78 is 9.78. The van der Waals surface area contributed by atoms with Crippen molar-refractivity contribution < 1.29 is 23.9 Å². The van der Waals surface area contributed by atoms with Gasteiger partial charge in [0.25, 0.3) is 5.91 Å². The summed E-state index contributed by atoms with van der Waals surface area (Å²) in [6, 6.07) is 6.49. The molecule has 34 heavy (non-hydrogen) atoms. The molecule has 0 radical (unpaired) electrons. The van der Waals surface area contributed by atoms with E-state index < -0.39 is 6.16 Å². The summed E-state index contributed by atoms with van der Waals surface area (Å²) >= 11 is 0. The maximum absolute atomic E-state index is 13.2. The molecule has 1 aliphatic heterocycles. The number of carbonyl (C=O) groups is 3. The fourth-order valence-corrected chi connectivity index (χ4v) is 7.40. The van der Waals surface area contributed by atoms with Gasteiger partial charge in [-0.15, -0.1) is 0 Å². The van der Waals surface area contributed by atoms with Crippen LogP contribution in [0, 0.1) is 23.2 Å². The van der Waals surface area contributed by atoms with Crippen molar-refractivity contribution in [1.82, 2.24) is 10.2 Å². The third kappa shape index (κ3) is 5.08. The third-order valence-electron chi connectivity index (χ3n) is 8.45. The normalized spacial score (nSPS) is 30.1. The molecule has 7 nitrogen and oxygen atoms in total. The highest BCUT2D eigenvalue weighted by atomic mass is 16.7. The van der Waals surface area contributed by atoms with E-state index in [4.69, 9.17) is 9.47 Å². The maximum Gasteiger partial charge on any atom is 0.513 e. The number of amides is 2. The predicted octanol–water partition coefficient (Wildman–Crippen LogP) is 4.55. The van der Waals surface area contributed by atoms with Gasteiger partial charge in [-0.3, -0.25) is 9.59 Å². The summed E-state index contributed by atoms with van der Waals surface area (Å²) in [6.45, 7) is 3.37. The van der Waals surface area contributed by atoms with Gasteiger partial charge in [-0.05, 0) is 106 Å². The van der Waals surface area contributed by atoms with Gasteiger partial charge in [0.2, 0.25) is 5.91 Å². The standard InChI is InChI=1S/C27H36N2O5/c1-2-33-26(32)34-23-5-3-21(4-6-23)25(31)28-22-7-9-29(10-8-22)24(30)17-27-14-18-11-19(15-27)13-20(12-18)16-27/h3-6,18-20,22H,2,7-17H2,1H3,(H,28,31). The number of benzene rings is 1. The lowest BCUT2D eigenvalue weighted by atomic mass is 9.49. The van der Waals surface area contributed by atoms with Crippen molar-refractivity contribution in [3.63, 3.8) is 0 Å². The summed E-state index contributed by atoms with van der Waals surface area (Å²) in [5, 5.41) is 3.09. The van der Waals surface area contributed by atoms with Gasteiger partial charge < -0.3 is 19.7 Å². The van der Waals surface area contributed by atoms with E-state index in [0.29, 0.717) is 30.3 Å². The van der Waals surface area contributed by atoms with Gasteiger partial charge >= 0.3 is 6.16 Å². The number of hydrogen-bond donors (Lipinski definition) is 1. The first-order valence-electron chi connectivity index (χ1n) is 12.9. The minimum Gasteiger partial charge on any atom is -0.434 e. The minimum atomic E-state index is -0.760. The molecule has 0 spiro atoms. The number of nitrogens with zero attached hydrogens (tertiary/aromatic N) is 1. The Kier molecular flexibility index (Phi) is 6.54. The second kappa shape index (κ2) is 9.59. The SMILES string of the molecule is CCOC(=O)Oc1ccc(C(=O)NC2CCN(C(=O)CC34CC5CC(CC(C5)C3)C4)CC2)cc1. The monoisotopic (exact) mass is 468 g/mol. The zero-order chi connectivity index (χ0) is 23.7. The van der Waals surface area contributed by atoms with Crippen LogP contribution in [0.25, 0.3) is 0 Å². The second-order valence-corrected chi connectivity index (χ2v) is 11.0. The van der Waals surface area contributed by atoms with Gasteiger partial charge in [0.1, 0.15) is 5.75 Å². The topological polar surface area (TPSA) is 84.9 Å². The molecule has 6 rings (SSSR count). The first kappa shape index (κ1) is 23.2. The van der Waals surface area contributed by atoms with E-state index in [2.05, 4.69) is 5.32 Å². The highest BCUT2D eigenvalue weighted by molar-refractivity contribution is 5.94. The molecule has 1 heterocycles. The number of hydrogen-bond acceptors (Lipinski definition) is 5. The fourth-order valence-electron chi connectivity index (χ4n) is 7.40. The van der Waals surface area contributed by atoms with Crippen LogP contribution < -0.4 is 10.1 Å². The molecule has 4 saturated carbocycles. The van der Waals surface area contributed by atoms with Crippen molar-refractivity contribution in [3.05, 3.63) is 29.8 Å². The number of rotatable bonds is 6. The van der Waals surface area contributed by atoms with Gasteiger partial charge in [-0.2, -0.15) is 0 Å². The second-order valence-electron chi connectivity index (χ2n) is 11.0. The molecule has 1 aromatic carbocycles. The van der Waals surface area contributed by atoms with Gasteiger partial charge in [-0.25, -0.2) is 4.79 Å². The van der Waals surface area contributed by atoms with Crippen LogP contribution >= 0.6 is 0 Å². The average molecular weight is 469 g/mol. The Hall–Kier alpha value is -2.57. The van der Waals surface area contributed by atoms with E-state index in [1.165, 1.54) is 38.5 Å². The van der Waals surface area contributed by atoms with Crippen LogP contribution in [0.15, 0.2) is 24.3 Å². The van der Waals surface area contributed by atoms with Crippen LogP contribution in [0.3, 0.4) is 0 Å². The number of nitrogens with one attached hydrogen (secondary N) is 1. The van der Waals surface area contributed by atoms with Crippen molar-refractivity contribution >= 4 is 18.0 Å². The average Bonchev–Trinajstić information content (AvgIpc) is 2.79. The Morgan fingerprint density at radius 2 is 1.56 bits per heavy atom. The summed E-state index contributed by atoms with van der Waals surface area (Å²) in [6.07, 6.45) is 9.53. The molecule has 2 amide bonds. The van der Waals surface area contributed by atoms with Crippen molar-refractivity contribution in [3.8, 4) is 5.75 Å². The Balaban J connectivity index is 1.08. The molecule has 4 aliphatic carbocycles. The van der Waals surface area contributed by atoms with Gasteiger partial charge in [0.15, 0.2) is 0 Å². The first-order valence-corrected chi connectivity index (χ1v) is 12.9. The molecular weight excluding hydrogens is 432 g/mol. The number of likely N-dealkylation sites (tertiary alicyclic amines) is 1. The molecule has 184 valence electrons. The number of carbonyl (C=O) groups excluding carboxylic acids is 3. The van der Waals surface area contributed by atoms with Gasteiger partial charge in [-0.1, -0.05) is 0 Å². The predicted molar refractivity (Wildman–Crippen MR) is 126 cm³/mol. The molecule has 1 aromatic rings. The first-order chi connectivity index (χ1) is 16.4. The van der Waals surface area contributed by atoms with E-state index in [0.717, 1.165) is 37.0 Å². The third-order valence-corrected chi connectivity index (χ3v) is 8.45. The van der Waals surface area contributed by atoms with Crippen LogP contribution in [-0.2, 0) is 9.53 Å². The molecule has 4 bridgehead atoms. The Labute approximate surface area is 201 Å². The zero-order valence-electron chi connectivity index (χ0n) is 20.1. The fraction of sp³-hybridized carbons (Fsp3) is 0.667. The Morgan fingerprint density at radius 1 is 0.971 bits per heavy atom. The van der Waals surface area contributed by atoms with Gasteiger partial charge in [0, 0.05) is 31.1 Å². The number of piperidine rings is 1. The van der Waals surface area contributed by atoms with Crippen molar-refractivity contribution in [2.24, 2.45) is 23.2 Å². The highest BCUT2D eigenvalue weighted by Gasteiger charge is 2.51. The molecule has 1 N–H and O–H groups in total. The molecule has 0 atom stereocenters. The molecular formula is C27H36N2O5. The quantitative estimate of drug-likeness (QED) is 0.489. The van der Waals surface area contributed by atoms with Crippen LogP contribution in [0.2, 0.25) is 0 Å². The van der Waals surface area contributed by atoms with Crippen molar-refractivity contribution in [1.29, 1.82) is 0 Å². The van der Waals surface area contributed by atoms with Crippen LogP contribution in [0.1, 0.15) is 75.1 Å². The van der Waals surface area contributed by atoms with Crippen LogP contribution in [0.4, 0.5) is 4.79 Å². The molecule has 7 heteroatoms. The lowest BCUT2D eigenvalue weighted by Crippen LogP contribution is -2.50. The lowest BCUT2D eigenvalue weighted by molar-refractivity contribution is -0.140. The molecule has 5 fully saturated rings. The Morgan fingerprint density at radius 3 is 2.12 bits per heavy atom. The largest absolute Gasteiger partial charge is 0.513 e. The Bertz CT molecular complexity index is 884. The van der Waals surface area contributed by atoms with E-state index in [9.17, 15) is 14.4 Å². The molecule has 5 aliphatic rings. The maximum atomic E-state index is 13.2. The summed E-state index contributed by atoms with van der Waals surface area (Å²) in [4.78, 5) is 39.3. The van der Waals surface area contributed by atoms with Crippen LogP contribution in [-0.4, -0.2) is 48.6 Å². The van der Waals surface area contributed by atoms with E-state index in [1.54, 1.807) is 31.2 Å². The zero-order valence-corrected chi connectivity index (χ0v) is 20.1. The van der Waals surface area contributed by atoms with Crippen molar-refractivity contribution in [2.75, 3.05) is 19.7 Å². The smallest absolute Gasteiger partial charge is 0.434 e. The lowest BCUT2D eigenvalue weighted by Gasteiger charge is -2.57. The summed E-state index contributed by atoms with van der Waals surface area (Å²) in [7, 11) is 0. The molecule has 1 saturated heterocycles. The van der Waals surface area contributed by atoms with E-state index in [-0.39, 0.29) is 24.0 Å². The van der Waals surface area contributed by atoms with Crippen LogP contribution in [0.5, 0.6) is 5.75 Å². The van der Waals surface area contributed by atoms with Gasteiger partial charge in [0.05, 0.1) is 6.61 Å². The number of ether oxygens (including phenoxy) is 2. The summed E-state index contributed by atoms with van der Waals surface area (Å²) in [5.74, 6) is 3.10. The highest BCUT2D eigenvalue weighted by Crippen LogP contribution is 2.61. The van der Waals surface area contributed by atoms with E-state index in [1.807, 2.05) is 4.90 Å². The minimum absolute atomic E-state index is 0.0616. The molecule has 0 aromatic heterocycles. The van der Waals surface area contributed by atoms with E-state index >= 15 is 0 Å².